The predicted octanol–water partition coefficient (Wildman–Crippen LogP) is 7.22. The highest BCUT2D eigenvalue weighted by Gasteiger charge is 2.39. The van der Waals surface area contributed by atoms with Crippen molar-refractivity contribution >= 4 is 23.3 Å². The van der Waals surface area contributed by atoms with Crippen molar-refractivity contribution in [3.63, 3.8) is 0 Å². The molecule has 0 aromatic heterocycles. The maximum atomic E-state index is 13.8. The molecule has 1 saturated carbocycles. The fraction of sp³-hybridized carbons (Fsp3) is 0.394. The first-order valence-electron chi connectivity index (χ1n) is 13.6. The third kappa shape index (κ3) is 6.63. The van der Waals surface area contributed by atoms with Gasteiger partial charge in [0.15, 0.2) is 0 Å². The van der Waals surface area contributed by atoms with Crippen LogP contribution < -0.4 is 10.2 Å². The van der Waals surface area contributed by atoms with Crippen molar-refractivity contribution in [1.82, 2.24) is 0 Å². The van der Waals surface area contributed by atoms with Crippen molar-refractivity contribution in [1.29, 1.82) is 0 Å². The molecule has 1 N–H and O–H groups in total. The molecule has 38 heavy (non-hydrogen) atoms. The Morgan fingerprint density at radius 2 is 1.55 bits per heavy atom. The Balaban J connectivity index is 1.49. The molecular weight excluding hydrogens is 472 g/mol. The summed E-state index contributed by atoms with van der Waals surface area (Å²) in [6, 6.07) is 25.1. The first-order chi connectivity index (χ1) is 18.3. The molecule has 1 atom stereocenters. The van der Waals surface area contributed by atoms with Crippen LogP contribution in [0.1, 0.15) is 62.5 Å². The number of rotatable bonds is 9. The minimum absolute atomic E-state index is 0.0144. The number of methoxy groups -OCH3 is 1. The molecule has 3 aromatic rings. The summed E-state index contributed by atoms with van der Waals surface area (Å²) in [5, 5.41) is 3.23. The second-order valence-corrected chi connectivity index (χ2v) is 10.9. The number of nitrogens with zero attached hydrogens (tertiary/aromatic N) is 1. The minimum atomic E-state index is -0.416. The zero-order valence-corrected chi connectivity index (χ0v) is 23.1. The lowest BCUT2D eigenvalue weighted by atomic mass is 9.69. The van der Waals surface area contributed by atoms with E-state index in [4.69, 9.17) is 4.74 Å². The van der Waals surface area contributed by atoms with Gasteiger partial charge in [0.25, 0.3) is 0 Å². The maximum absolute atomic E-state index is 13.8. The molecule has 0 heterocycles. The summed E-state index contributed by atoms with van der Waals surface area (Å²) >= 11 is 0. The Labute approximate surface area is 227 Å². The zero-order chi connectivity index (χ0) is 27.1. The Bertz CT molecular complexity index is 1230. The van der Waals surface area contributed by atoms with E-state index in [2.05, 4.69) is 58.7 Å². The molecule has 5 heteroatoms. The van der Waals surface area contributed by atoms with Crippen LogP contribution in [0.3, 0.4) is 0 Å². The Hall–Kier alpha value is -3.60. The van der Waals surface area contributed by atoms with Crippen LogP contribution in [-0.4, -0.2) is 33.1 Å². The quantitative estimate of drug-likeness (QED) is 0.308. The number of hydrogen-bond acceptors (Lipinski definition) is 4. The van der Waals surface area contributed by atoms with Crippen LogP contribution in [0, 0.1) is 5.41 Å². The van der Waals surface area contributed by atoms with Gasteiger partial charge in [0.2, 0.25) is 5.91 Å². The number of ether oxygens (including phenoxy) is 1. The maximum Gasteiger partial charge on any atom is 0.306 e. The lowest BCUT2D eigenvalue weighted by Crippen LogP contribution is -2.40. The number of amides is 1. The van der Waals surface area contributed by atoms with E-state index in [1.165, 1.54) is 35.9 Å². The largest absolute Gasteiger partial charge is 0.469 e. The van der Waals surface area contributed by atoms with Gasteiger partial charge < -0.3 is 15.0 Å². The van der Waals surface area contributed by atoms with Crippen LogP contribution in [-0.2, 0) is 20.7 Å². The third-order valence-corrected chi connectivity index (χ3v) is 7.92. The first-order valence-corrected chi connectivity index (χ1v) is 13.6. The second-order valence-electron chi connectivity index (χ2n) is 10.9. The molecule has 1 fully saturated rings. The molecule has 0 saturated heterocycles. The zero-order valence-electron chi connectivity index (χ0n) is 23.1. The molecule has 0 aliphatic heterocycles. The summed E-state index contributed by atoms with van der Waals surface area (Å²) in [7, 11) is 5.50. The van der Waals surface area contributed by atoms with E-state index in [0.29, 0.717) is 6.42 Å². The number of hydrogen-bond donors (Lipinski definition) is 1. The smallest absolute Gasteiger partial charge is 0.306 e. The van der Waals surface area contributed by atoms with Crippen molar-refractivity contribution in [2.24, 2.45) is 5.41 Å². The molecule has 4 rings (SSSR count). The summed E-state index contributed by atoms with van der Waals surface area (Å²) in [4.78, 5) is 27.6. The van der Waals surface area contributed by atoms with Gasteiger partial charge in [0, 0.05) is 25.5 Å². The van der Waals surface area contributed by atoms with Gasteiger partial charge in [0.05, 0.1) is 18.9 Å². The summed E-state index contributed by atoms with van der Waals surface area (Å²) in [6.45, 7) is 2.00. The molecular formula is C33H40N2O3. The molecule has 0 spiro atoms. The van der Waals surface area contributed by atoms with Crippen molar-refractivity contribution in [3.05, 3.63) is 83.9 Å². The lowest BCUT2D eigenvalue weighted by molar-refractivity contribution is -0.141. The highest BCUT2D eigenvalue weighted by Crippen LogP contribution is 2.41. The molecule has 3 aromatic carbocycles. The summed E-state index contributed by atoms with van der Waals surface area (Å²) < 4.78 is 4.82. The van der Waals surface area contributed by atoms with Gasteiger partial charge in [-0.15, -0.1) is 0 Å². The van der Waals surface area contributed by atoms with E-state index in [0.717, 1.165) is 43.4 Å². The third-order valence-electron chi connectivity index (χ3n) is 7.92. The average Bonchev–Trinajstić information content (AvgIpc) is 2.94. The normalized spacial score (nSPS) is 15.4. The molecule has 200 valence electrons. The molecule has 5 nitrogen and oxygen atoms in total. The van der Waals surface area contributed by atoms with E-state index in [-0.39, 0.29) is 17.8 Å². The standard InChI is InChI=1S/C33H40N2O3/c1-24(21-31(36)38-4)28-9-8-10-29(22-28)34-32(37)33(19-6-5-7-20-33)23-25-11-13-26(14-12-25)27-15-17-30(18-16-27)35(2)3/h8-18,22,24H,5-7,19-21,23H2,1-4H3,(H,34,37). The van der Waals surface area contributed by atoms with Gasteiger partial charge in [-0.2, -0.15) is 0 Å². The van der Waals surface area contributed by atoms with Crippen LogP contribution in [0.2, 0.25) is 0 Å². The van der Waals surface area contributed by atoms with Crippen molar-refractivity contribution in [3.8, 4) is 11.1 Å². The Kier molecular flexibility index (Phi) is 8.88. The van der Waals surface area contributed by atoms with Gasteiger partial charge in [-0.1, -0.05) is 74.7 Å². The summed E-state index contributed by atoms with van der Waals surface area (Å²) in [5.74, 6) is -0.122. The van der Waals surface area contributed by atoms with E-state index >= 15 is 0 Å². The number of esters is 1. The molecule has 0 bridgehead atoms. The van der Waals surface area contributed by atoms with Crippen LogP contribution in [0.4, 0.5) is 11.4 Å². The monoisotopic (exact) mass is 512 g/mol. The van der Waals surface area contributed by atoms with Crippen LogP contribution >= 0.6 is 0 Å². The predicted molar refractivity (Wildman–Crippen MR) is 156 cm³/mol. The highest BCUT2D eigenvalue weighted by atomic mass is 16.5. The van der Waals surface area contributed by atoms with E-state index in [1.54, 1.807) is 0 Å². The number of carbonyl (C=O) groups is 2. The van der Waals surface area contributed by atoms with E-state index < -0.39 is 5.41 Å². The number of carbonyl (C=O) groups excluding carboxylic acids is 2. The van der Waals surface area contributed by atoms with Crippen LogP contribution in [0.15, 0.2) is 72.8 Å². The Morgan fingerprint density at radius 3 is 2.16 bits per heavy atom. The first kappa shape index (κ1) is 27.4. The Morgan fingerprint density at radius 1 is 0.921 bits per heavy atom. The summed E-state index contributed by atoms with van der Waals surface area (Å²) in [5.41, 5.74) is 6.12. The van der Waals surface area contributed by atoms with Gasteiger partial charge in [-0.3, -0.25) is 9.59 Å². The average molecular weight is 513 g/mol. The number of benzene rings is 3. The van der Waals surface area contributed by atoms with Gasteiger partial charge in [-0.05, 0) is 71.7 Å². The molecule has 1 aliphatic carbocycles. The fourth-order valence-electron chi connectivity index (χ4n) is 5.51. The molecule has 0 radical (unpaired) electrons. The van der Waals surface area contributed by atoms with Gasteiger partial charge in [-0.25, -0.2) is 0 Å². The fourth-order valence-corrected chi connectivity index (χ4v) is 5.51. The van der Waals surface area contributed by atoms with Crippen molar-refractivity contribution in [2.45, 2.75) is 57.8 Å². The second kappa shape index (κ2) is 12.3. The topological polar surface area (TPSA) is 58.6 Å². The van der Waals surface area contributed by atoms with E-state index in [9.17, 15) is 9.59 Å². The molecule has 1 aliphatic rings. The minimum Gasteiger partial charge on any atom is -0.469 e. The number of nitrogens with one attached hydrogen (secondary N) is 1. The SMILES string of the molecule is COC(=O)CC(C)c1cccc(NC(=O)C2(Cc3ccc(-c4ccc(N(C)C)cc4)cc3)CCCCC2)c1. The van der Waals surface area contributed by atoms with Gasteiger partial charge >= 0.3 is 5.97 Å². The lowest BCUT2D eigenvalue weighted by Gasteiger charge is -2.36. The van der Waals surface area contributed by atoms with Crippen molar-refractivity contribution < 1.29 is 14.3 Å². The molecule has 1 amide bonds. The molecule has 1 unspecified atom stereocenters. The van der Waals surface area contributed by atoms with Crippen LogP contribution in [0.5, 0.6) is 0 Å². The van der Waals surface area contributed by atoms with Gasteiger partial charge in [0.1, 0.15) is 0 Å². The number of anilines is 2. The highest BCUT2D eigenvalue weighted by molar-refractivity contribution is 5.95. The van der Waals surface area contributed by atoms with Crippen molar-refractivity contribution in [2.75, 3.05) is 31.4 Å². The van der Waals surface area contributed by atoms with Crippen LogP contribution in [0.25, 0.3) is 11.1 Å². The van der Waals surface area contributed by atoms with E-state index in [1.807, 2.05) is 45.3 Å². The summed E-state index contributed by atoms with van der Waals surface area (Å²) in [6.07, 6.45) is 6.15.